The fourth-order valence-electron chi connectivity index (χ4n) is 2.20. The van der Waals surface area contributed by atoms with Gasteiger partial charge in [0.15, 0.2) is 12.4 Å². The van der Waals surface area contributed by atoms with E-state index in [4.69, 9.17) is 15.0 Å². The first kappa shape index (κ1) is 17.3. The Balaban J connectivity index is 1.71. The summed E-state index contributed by atoms with van der Waals surface area (Å²) in [6.45, 7) is 3.04. The van der Waals surface area contributed by atoms with Gasteiger partial charge in [-0.1, -0.05) is 5.16 Å². The van der Waals surface area contributed by atoms with Crippen LogP contribution in [0.15, 0.2) is 28.8 Å². The Kier molecular flexibility index (Phi) is 4.74. The molecule has 2 aromatic heterocycles. The maximum absolute atomic E-state index is 13.0. The molecular weight excluding hydrogens is 343 g/mol. The van der Waals surface area contributed by atoms with Crippen molar-refractivity contribution in [1.82, 2.24) is 20.1 Å². The molecule has 0 aliphatic carbocycles. The molecule has 0 radical (unpaired) electrons. The molecule has 0 fully saturated rings. The van der Waals surface area contributed by atoms with Gasteiger partial charge in [0.05, 0.1) is 5.69 Å². The van der Waals surface area contributed by atoms with Crippen molar-refractivity contribution in [3.63, 3.8) is 0 Å². The zero-order chi connectivity index (χ0) is 18.7. The number of carbonyl (C=O) groups is 1. The quantitative estimate of drug-likeness (QED) is 0.660. The molecule has 2 heterocycles. The van der Waals surface area contributed by atoms with Crippen molar-refractivity contribution in [1.29, 1.82) is 0 Å². The van der Waals surface area contributed by atoms with E-state index in [0.717, 1.165) is 0 Å². The van der Waals surface area contributed by atoms with Gasteiger partial charge in [-0.05, 0) is 38.1 Å². The molecule has 0 unspecified atom stereocenters. The van der Waals surface area contributed by atoms with E-state index in [0.29, 0.717) is 17.1 Å². The maximum Gasteiger partial charge on any atom is 0.344 e. The molecule has 0 aliphatic rings. The zero-order valence-corrected chi connectivity index (χ0v) is 14.0. The molecule has 10 heteroatoms. The van der Waals surface area contributed by atoms with Crippen LogP contribution in [0.5, 0.6) is 0 Å². The first-order chi connectivity index (χ1) is 12.4. The number of rotatable bonds is 5. The predicted molar refractivity (Wildman–Crippen MR) is 89.0 cm³/mol. The number of carbonyl (C=O) groups excluding carboxylic acids is 1. The van der Waals surface area contributed by atoms with Gasteiger partial charge in [-0.25, -0.2) is 9.18 Å². The van der Waals surface area contributed by atoms with Gasteiger partial charge in [0.1, 0.15) is 17.1 Å². The molecule has 1 aromatic carbocycles. The summed E-state index contributed by atoms with van der Waals surface area (Å²) in [4.78, 5) is 24.1. The SMILES string of the molecule is Cc1noc(C)c1C(=O)OCc1nc(N)nc(Nc2ccc(F)cc2)n1. The lowest BCUT2D eigenvalue weighted by Crippen LogP contribution is -2.12. The number of nitrogens with one attached hydrogen (secondary N) is 1. The first-order valence-corrected chi connectivity index (χ1v) is 7.55. The standard InChI is InChI=1S/C16H15FN6O3/c1-8-13(9(2)26-23-8)14(24)25-7-12-20-15(18)22-16(21-12)19-11-5-3-10(17)4-6-11/h3-6H,7H2,1-2H3,(H3,18,19,20,21,22). The molecule has 0 atom stereocenters. The van der Waals surface area contributed by atoms with Crippen LogP contribution in [0.2, 0.25) is 0 Å². The van der Waals surface area contributed by atoms with Gasteiger partial charge in [-0.3, -0.25) is 0 Å². The Labute approximate surface area is 147 Å². The van der Waals surface area contributed by atoms with Gasteiger partial charge in [-0.2, -0.15) is 15.0 Å². The molecule has 0 saturated heterocycles. The zero-order valence-electron chi connectivity index (χ0n) is 14.0. The third-order valence-electron chi connectivity index (χ3n) is 3.37. The number of hydrogen-bond donors (Lipinski definition) is 2. The smallest absolute Gasteiger partial charge is 0.344 e. The van der Waals surface area contributed by atoms with Crippen molar-refractivity contribution in [2.24, 2.45) is 0 Å². The summed E-state index contributed by atoms with van der Waals surface area (Å²) in [5, 5.41) is 6.57. The molecule has 0 spiro atoms. The molecule has 26 heavy (non-hydrogen) atoms. The monoisotopic (exact) mass is 358 g/mol. The second-order valence-corrected chi connectivity index (χ2v) is 5.34. The molecule has 0 aliphatic heterocycles. The van der Waals surface area contributed by atoms with E-state index in [-0.39, 0.29) is 35.7 Å². The van der Waals surface area contributed by atoms with Crippen LogP contribution in [0.3, 0.4) is 0 Å². The maximum atomic E-state index is 13.0. The Morgan fingerprint density at radius 2 is 1.96 bits per heavy atom. The second-order valence-electron chi connectivity index (χ2n) is 5.34. The summed E-state index contributed by atoms with van der Waals surface area (Å²) < 4.78 is 23.1. The van der Waals surface area contributed by atoms with Gasteiger partial charge in [0.2, 0.25) is 11.9 Å². The highest BCUT2D eigenvalue weighted by Gasteiger charge is 2.19. The molecule has 3 rings (SSSR count). The highest BCUT2D eigenvalue weighted by molar-refractivity contribution is 5.91. The Hall–Kier alpha value is -3.56. The fraction of sp³-hybridized carbons (Fsp3) is 0.188. The summed E-state index contributed by atoms with van der Waals surface area (Å²) in [5.41, 5.74) is 6.92. The number of hydrogen-bond acceptors (Lipinski definition) is 9. The van der Waals surface area contributed by atoms with Crippen LogP contribution in [0.25, 0.3) is 0 Å². The van der Waals surface area contributed by atoms with Crippen molar-refractivity contribution < 1.29 is 18.4 Å². The fourth-order valence-corrected chi connectivity index (χ4v) is 2.20. The molecule has 3 aromatic rings. The van der Waals surface area contributed by atoms with Crippen LogP contribution in [-0.4, -0.2) is 26.1 Å². The number of esters is 1. The molecule has 134 valence electrons. The number of anilines is 3. The predicted octanol–water partition coefficient (Wildman–Crippen LogP) is 2.30. The van der Waals surface area contributed by atoms with E-state index in [2.05, 4.69) is 25.4 Å². The van der Waals surface area contributed by atoms with E-state index in [9.17, 15) is 9.18 Å². The summed E-state index contributed by atoms with van der Waals surface area (Å²) in [5.74, 6) is -0.352. The summed E-state index contributed by atoms with van der Waals surface area (Å²) in [7, 11) is 0. The molecule has 0 saturated carbocycles. The topological polar surface area (TPSA) is 129 Å². The minimum Gasteiger partial charge on any atom is -0.454 e. The summed E-state index contributed by atoms with van der Waals surface area (Å²) in [6, 6.07) is 5.62. The Morgan fingerprint density at radius 3 is 2.62 bits per heavy atom. The number of nitrogen functional groups attached to an aromatic ring is 1. The van der Waals surface area contributed by atoms with Crippen LogP contribution < -0.4 is 11.1 Å². The minimum absolute atomic E-state index is 0.0481. The lowest BCUT2D eigenvalue weighted by Gasteiger charge is -2.08. The number of ether oxygens (including phenoxy) is 1. The number of nitrogens with zero attached hydrogens (tertiary/aromatic N) is 4. The van der Waals surface area contributed by atoms with Crippen LogP contribution in [0.4, 0.5) is 22.0 Å². The highest BCUT2D eigenvalue weighted by atomic mass is 19.1. The largest absolute Gasteiger partial charge is 0.454 e. The highest BCUT2D eigenvalue weighted by Crippen LogP contribution is 2.16. The van der Waals surface area contributed by atoms with Gasteiger partial charge < -0.3 is 20.3 Å². The number of nitrogens with two attached hydrogens (primary N) is 1. The lowest BCUT2D eigenvalue weighted by molar-refractivity contribution is 0.0459. The third-order valence-corrected chi connectivity index (χ3v) is 3.37. The van der Waals surface area contributed by atoms with E-state index in [1.54, 1.807) is 13.8 Å². The van der Waals surface area contributed by atoms with E-state index >= 15 is 0 Å². The van der Waals surface area contributed by atoms with Crippen molar-refractivity contribution >= 4 is 23.6 Å². The van der Waals surface area contributed by atoms with Gasteiger partial charge >= 0.3 is 5.97 Å². The Bertz CT molecular complexity index is 922. The molecule has 9 nitrogen and oxygen atoms in total. The molecular formula is C16H15FN6O3. The van der Waals surface area contributed by atoms with Crippen LogP contribution >= 0.6 is 0 Å². The number of halogens is 1. The molecule has 0 amide bonds. The summed E-state index contributed by atoms with van der Waals surface area (Å²) >= 11 is 0. The molecule has 0 bridgehead atoms. The third kappa shape index (κ3) is 3.91. The number of aromatic nitrogens is 4. The second kappa shape index (κ2) is 7.13. The lowest BCUT2D eigenvalue weighted by atomic mass is 10.2. The van der Waals surface area contributed by atoms with Crippen LogP contribution in [0.1, 0.15) is 27.6 Å². The van der Waals surface area contributed by atoms with E-state index in [1.807, 2.05) is 0 Å². The normalized spacial score (nSPS) is 10.6. The molecule has 3 N–H and O–H groups in total. The number of aryl methyl sites for hydroxylation is 2. The van der Waals surface area contributed by atoms with Crippen molar-refractivity contribution in [3.8, 4) is 0 Å². The van der Waals surface area contributed by atoms with Crippen molar-refractivity contribution in [2.45, 2.75) is 20.5 Å². The van der Waals surface area contributed by atoms with Crippen LogP contribution in [-0.2, 0) is 11.3 Å². The first-order valence-electron chi connectivity index (χ1n) is 7.55. The van der Waals surface area contributed by atoms with E-state index in [1.165, 1.54) is 24.3 Å². The van der Waals surface area contributed by atoms with Gasteiger partial charge in [0, 0.05) is 5.69 Å². The van der Waals surface area contributed by atoms with E-state index < -0.39 is 5.97 Å². The average molecular weight is 358 g/mol. The Morgan fingerprint density at radius 1 is 1.23 bits per heavy atom. The average Bonchev–Trinajstić information content (AvgIpc) is 2.93. The summed E-state index contributed by atoms with van der Waals surface area (Å²) in [6.07, 6.45) is 0. The van der Waals surface area contributed by atoms with Crippen molar-refractivity contribution in [2.75, 3.05) is 11.1 Å². The van der Waals surface area contributed by atoms with Crippen molar-refractivity contribution in [3.05, 3.63) is 52.9 Å². The van der Waals surface area contributed by atoms with Gasteiger partial charge in [0.25, 0.3) is 0 Å². The minimum atomic E-state index is -0.603. The van der Waals surface area contributed by atoms with Crippen LogP contribution in [0, 0.1) is 19.7 Å². The van der Waals surface area contributed by atoms with Gasteiger partial charge in [-0.15, -0.1) is 0 Å². The number of benzene rings is 1.